The molecule has 4 heteroatoms. The Bertz CT molecular complexity index is 231. The van der Waals surface area contributed by atoms with Crippen LogP contribution in [0, 0.1) is 5.92 Å². The molecule has 1 aliphatic heterocycles. The summed E-state index contributed by atoms with van der Waals surface area (Å²) >= 11 is 1.72. The highest BCUT2D eigenvalue weighted by Crippen LogP contribution is 2.07. The lowest BCUT2D eigenvalue weighted by Gasteiger charge is -2.26. The fourth-order valence-corrected chi connectivity index (χ4v) is 1.98. The highest BCUT2D eigenvalue weighted by Gasteiger charge is 2.15. The summed E-state index contributed by atoms with van der Waals surface area (Å²) in [5, 5.41) is 9.89. The van der Waals surface area contributed by atoms with Gasteiger partial charge in [-0.1, -0.05) is 0 Å². The number of aromatic nitrogens is 1. The third-order valence-corrected chi connectivity index (χ3v) is 3.13. The van der Waals surface area contributed by atoms with Crippen molar-refractivity contribution >= 4 is 11.3 Å². The lowest BCUT2D eigenvalue weighted by molar-refractivity contribution is 0.322. The molecule has 1 aromatic heterocycles. The van der Waals surface area contributed by atoms with Crippen LogP contribution in [0.2, 0.25) is 0 Å². The number of nitrogens with one attached hydrogen (secondary N) is 2. The maximum Gasteiger partial charge on any atom is 0.106 e. The summed E-state index contributed by atoms with van der Waals surface area (Å²) in [6, 6.07) is 0. The van der Waals surface area contributed by atoms with Gasteiger partial charge in [-0.25, -0.2) is 4.98 Å². The molecule has 72 valence electrons. The highest BCUT2D eigenvalue weighted by molar-refractivity contribution is 7.09. The molecule has 0 amide bonds. The summed E-state index contributed by atoms with van der Waals surface area (Å²) in [5.74, 6) is 0.906. The first-order valence-electron chi connectivity index (χ1n) is 4.75. The summed E-state index contributed by atoms with van der Waals surface area (Å²) in [4.78, 5) is 4.21. The minimum Gasteiger partial charge on any atom is -0.316 e. The molecule has 0 bridgehead atoms. The highest BCUT2D eigenvalue weighted by atomic mass is 32.1. The van der Waals surface area contributed by atoms with Gasteiger partial charge < -0.3 is 10.6 Å². The van der Waals surface area contributed by atoms with E-state index < -0.39 is 0 Å². The first-order valence-corrected chi connectivity index (χ1v) is 5.63. The van der Waals surface area contributed by atoms with Gasteiger partial charge in [-0.15, -0.1) is 11.3 Å². The molecule has 0 unspecified atom stereocenters. The largest absolute Gasteiger partial charge is 0.316 e. The van der Waals surface area contributed by atoms with E-state index in [4.69, 9.17) is 0 Å². The van der Waals surface area contributed by atoms with Crippen molar-refractivity contribution in [1.29, 1.82) is 0 Å². The normalized spacial score (nSPS) is 17.2. The van der Waals surface area contributed by atoms with Gasteiger partial charge in [0.25, 0.3) is 0 Å². The van der Waals surface area contributed by atoms with Gasteiger partial charge in [-0.3, -0.25) is 0 Å². The van der Waals surface area contributed by atoms with Gasteiger partial charge >= 0.3 is 0 Å². The van der Waals surface area contributed by atoms with Gasteiger partial charge in [0, 0.05) is 18.1 Å². The molecule has 2 heterocycles. The fraction of sp³-hybridized carbons (Fsp3) is 0.667. The smallest absolute Gasteiger partial charge is 0.106 e. The van der Waals surface area contributed by atoms with Crippen molar-refractivity contribution in [3.8, 4) is 0 Å². The van der Waals surface area contributed by atoms with E-state index in [0.717, 1.165) is 19.0 Å². The molecule has 2 N–H and O–H groups in total. The molecular formula is C9H15N3S. The Balaban J connectivity index is 1.53. The van der Waals surface area contributed by atoms with Crippen molar-refractivity contribution in [2.45, 2.75) is 13.0 Å². The van der Waals surface area contributed by atoms with Crippen molar-refractivity contribution in [2.24, 2.45) is 5.92 Å². The molecule has 13 heavy (non-hydrogen) atoms. The molecule has 3 nitrogen and oxygen atoms in total. The molecule has 1 saturated heterocycles. The molecule has 0 aromatic carbocycles. The van der Waals surface area contributed by atoms with Gasteiger partial charge in [-0.05, 0) is 32.0 Å². The Morgan fingerprint density at radius 2 is 2.54 bits per heavy atom. The summed E-state index contributed by atoms with van der Waals surface area (Å²) in [5.41, 5.74) is 0. The molecule has 2 rings (SSSR count). The second-order valence-corrected chi connectivity index (χ2v) is 4.39. The molecule has 0 radical (unpaired) electrons. The van der Waals surface area contributed by atoms with Crippen LogP contribution >= 0.6 is 11.3 Å². The van der Waals surface area contributed by atoms with Gasteiger partial charge in [0.1, 0.15) is 5.01 Å². The third kappa shape index (κ3) is 2.76. The summed E-state index contributed by atoms with van der Waals surface area (Å²) in [7, 11) is 0. The maximum atomic E-state index is 4.21. The van der Waals surface area contributed by atoms with Gasteiger partial charge in [0.15, 0.2) is 0 Å². The van der Waals surface area contributed by atoms with Crippen LogP contribution in [0.25, 0.3) is 0 Å². The zero-order chi connectivity index (χ0) is 8.93. The first kappa shape index (κ1) is 9.12. The van der Waals surface area contributed by atoms with E-state index in [1.807, 2.05) is 11.6 Å². The Hall–Kier alpha value is -0.450. The number of rotatable bonds is 5. The minimum absolute atomic E-state index is 0.906. The van der Waals surface area contributed by atoms with Crippen LogP contribution in [0.5, 0.6) is 0 Å². The average Bonchev–Trinajstić information content (AvgIpc) is 2.53. The average molecular weight is 197 g/mol. The SMILES string of the molecule is c1csc(CNCCC2CNC2)n1. The van der Waals surface area contributed by atoms with Crippen LogP contribution in [0.4, 0.5) is 0 Å². The van der Waals surface area contributed by atoms with Crippen molar-refractivity contribution < 1.29 is 0 Å². The predicted octanol–water partition coefficient (Wildman–Crippen LogP) is 0.842. The molecular weight excluding hydrogens is 182 g/mol. The summed E-state index contributed by atoms with van der Waals surface area (Å²) < 4.78 is 0. The molecule has 1 fully saturated rings. The Kier molecular flexibility index (Phi) is 3.29. The van der Waals surface area contributed by atoms with Gasteiger partial charge in [-0.2, -0.15) is 0 Å². The zero-order valence-electron chi connectivity index (χ0n) is 7.62. The first-order chi connectivity index (χ1) is 6.45. The minimum atomic E-state index is 0.906. The van der Waals surface area contributed by atoms with Crippen molar-refractivity contribution in [2.75, 3.05) is 19.6 Å². The van der Waals surface area contributed by atoms with Crippen LogP contribution < -0.4 is 10.6 Å². The van der Waals surface area contributed by atoms with E-state index in [9.17, 15) is 0 Å². The molecule has 1 aliphatic rings. The Labute approximate surface area is 82.6 Å². The van der Waals surface area contributed by atoms with Crippen molar-refractivity contribution in [3.63, 3.8) is 0 Å². The Morgan fingerprint density at radius 1 is 1.62 bits per heavy atom. The Morgan fingerprint density at radius 3 is 3.15 bits per heavy atom. The monoisotopic (exact) mass is 197 g/mol. The van der Waals surface area contributed by atoms with E-state index in [-0.39, 0.29) is 0 Å². The van der Waals surface area contributed by atoms with Gasteiger partial charge in [0.05, 0.1) is 0 Å². The number of nitrogens with zero attached hydrogens (tertiary/aromatic N) is 1. The van der Waals surface area contributed by atoms with E-state index >= 15 is 0 Å². The molecule has 1 aromatic rings. The predicted molar refractivity (Wildman–Crippen MR) is 54.8 cm³/mol. The molecule has 0 spiro atoms. The second kappa shape index (κ2) is 4.69. The van der Waals surface area contributed by atoms with E-state index in [1.54, 1.807) is 11.3 Å². The third-order valence-electron chi connectivity index (χ3n) is 2.36. The number of hydrogen-bond acceptors (Lipinski definition) is 4. The zero-order valence-corrected chi connectivity index (χ0v) is 8.44. The number of thiazole rings is 1. The van der Waals surface area contributed by atoms with E-state index in [0.29, 0.717) is 0 Å². The topological polar surface area (TPSA) is 37.0 Å². The lowest BCUT2D eigenvalue weighted by Crippen LogP contribution is -2.43. The van der Waals surface area contributed by atoms with E-state index in [1.165, 1.54) is 24.5 Å². The maximum absolute atomic E-state index is 4.21. The second-order valence-electron chi connectivity index (χ2n) is 3.42. The summed E-state index contributed by atoms with van der Waals surface area (Å²) in [6.07, 6.45) is 3.15. The molecule has 0 atom stereocenters. The van der Waals surface area contributed by atoms with Crippen LogP contribution in [-0.4, -0.2) is 24.6 Å². The lowest BCUT2D eigenvalue weighted by atomic mass is 10.00. The standard InChI is InChI=1S/C9H15N3S/c1(8-5-11-6-8)2-10-7-9-12-3-4-13-9/h3-4,8,10-11H,1-2,5-7H2. The van der Waals surface area contributed by atoms with Crippen LogP contribution in [0.15, 0.2) is 11.6 Å². The quantitative estimate of drug-likeness (QED) is 0.687. The van der Waals surface area contributed by atoms with Crippen LogP contribution in [0.3, 0.4) is 0 Å². The van der Waals surface area contributed by atoms with Crippen molar-refractivity contribution in [1.82, 2.24) is 15.6 Å². The number of hydrogen-bond donors (Lipinski definition) is 2. The van der Waals surface area contributed by atoms with Crippen molar-refractivity contribution in [3.05, 3.63) is 16.6 Å². The van der Waals surface area contributed by atoms with Crippen LogP contribution in [0.1, 0.15) is 11.4 Å². The molecule has 0 aliphatic carbocycles. The van der Waals surface area contributed by atoms with Crippen LogP contribution in [-0.2, 0) is 6.54 Å². The molecule has 0 saturated carbocycles. The van der Waals surface area contributed by atoms with E-state index in [2.05, 4.69) is 15.6 Å². The van der Waals surface area contributed by atoms with Gasteiger partial charge in [0.2, 0.25) is 0 Å². The fourth-order valence-electron chi connectivity index (χ4n) is 1.39. The summed E-state index contributed by atoms with van der Waals surface area (Å²) in [6.45, 7) is 4.46.